The zero-order chi connectivity index (χ0) is 10.6. The molecule has 0 radical (unpaired) electrons. The van der Waals surface area contributed by atoms with Gasteiger partial charge in [-0.25, -0.2) is 0 Å². The van der Waals surface area contributed by atoms with E-state index >= 15 is 0 Å². The lowest BCUT2D eigenvalue weighted by Gasteiger charge is -2.09. The largest absolute Gasteiger partial charge is 0.377 e. The molecule has 0 saturated carbocycles. The van der Waals surface area contributed by atoms with Crippen molar-refractivity contribution in [2.45, 2.75) is 0 Å². The molecule has 0 heterocycles. The van der Waals surface area contributed by atoms with Gasteiger partial charge in [0.25, 0.3) is 0 Å². The molecule has 3 heteroatoms. The van der Waals surface area contributed by atoms with Crippen LogP contribution in [0.1, 0.15) is 0 Å². The van der Waals surface area contributed by atoms with Crippen LogP contribution in [-0.4, -0.2) is 19.6 Å². The molecule has 72 valence electrons. The highest BCUT2D eigenvalue weighted by atomic mass is 15.1. The molecule has 0 aromatic carbocycles. The van der Waals surface area contributed by atoms with Crippen LogP contribution in [0.2, 0.25) is 0 Å². The highest BCUT2D eigenvalue weighted by molar-refractivity contribution is 5.04. The first-order chi connectivity index (χ1) is 6.85. The predicted octanol–water partition coefficient (Wildman–Crippen LogP) is -0.546. The Kier molecular flexibility index (Phi) is 7.52. The summed E-state index contributed by atoms with van der Waals surface area (Å²) in [6, 6.07) is 0. The minimum Gasteiger partial charge on any atom is -0.377 e. The summed E-state index contributed by atoms with van der Waals surface area (Å²) in [5, 5.41) is 8.79. The van der Waals surface area contributed by atoms with E-state index < -0.39 is 0 Å². The van der Waals surface area contributed by atoms with Crippen molar-refractivity contribution in [1.29, 1.82) is 0 Å². The molecule has 0 aliphatic rings. The molecule has 0 aliphatic heterocycles. The minimum absolute atomic E-state index is 0.432. The molecule has 0 aliphatic carbocycles. The monoisotopic (exact) mass is 187 g/mol. The molecular weight excluding hydrogens is 174 g/mol. The Bertz CT molecular complexity index is 276. The van der Waals surface area contributed by atoms with E-state index in [1.165, 1.54) is 0 Å². The molecule has 14 heavy (non-hydrogen) atoms. The van der Waals surface area contributed by atoms with Gasteiger partial charge in [-0.3, -0.25) is 0 Å². The maximum Gasteiger partial charge on any atom is 0.116 e. The molecular formula is C11H13N3. The van der Waals surface area contributed by atoms with E-state index in [-0.39, 0.29) is 0 Å². The lowest BCUT2D eigenvalue weighted by molar-refractivity contribution is 0.754. The topological polar surface area (TPSA) is 36.1 Å². The van der Waals surface area contributed by atoms with Crippen LogP contribution in [0.5, 0.6) is 0 Å². The van der Waals surface area contributed by atoms with Gasteiger partial charge in [0.1, 0.15) is 5.82 Å². The SMILES string of the molecule is C#CCNC=C(NCC#C)NCC#C. The molecule has 0 amide bonds. The molecule has 0 spiro atoms. The van der Waals surface area contributed by atoms with Gasteiger partial charge in [-0.15, -0.1) is 19.3 Å². The van der Waals surface area contributed by atoms with Crippen molar-refractivity contribution in [2.75, 3.05) is 19.6 Å². The van der Waals surface area contributed by atoms with E-state index in [2.05, 4.69) is 33.7 Å². The van der Waals surface area contributed by atoms with Crippen molar-refractivity contribution in [3.63, 3.8) is 0 Å². The van der Waals surface area contributed by atoms with Crippen molar-refractivity contribution in [1.82, 2.24) is 16.0 Å². The van der Waals surface area contributed by atoms with E-state index in [0.717, 1.165) is 5.82 Å². The highest BCUT2D eigenvalue weighted by Gasteiger charge is 1.90. The first kappa shape index (κ1) is 11.8. The van der Waals surface area contributed by atoms with Crippen molar-refractivity contribution < 1.29 is 0 Å². The molecule has 3 N–H and O–H groups in total. The first-order valence-electron chi connectivity index (χ1n) is 4.06. The van der Waals surface area contributed by atoms with Gasteiger partial charge in [0.15, 0.2) is 0 Å². The van der Waals surface area contributed by atoms with Crippen LogP contribution >= 0.6 is 0 Å². The second kappa shape index (κ2) is 8.91. The normalized spacial score (nSPS) is 7.21. The Labute approximate surface area is 85.3 Å². The molecule has 0 aromatic heterocycles. The summed E-state index contributed by atoms with van der Waals surface area (Å²) in [6.07, 6.45) is 17.0. The van der Waals surface area contributed by atoms with E-state index in [0.29, 0.717) is 19.6 Å². The Hall–Kier alpha value is -2.18. The fraction of sp³-hybridized carbons (Fsp3) is 0.273. The van der Waals surface area contributed by atoms with E-state index in [1.807, 2.05) is 0 Å². The zero-order valence-corrected chi connectivity index (χ0v) is 7.93. The summed E-state index contributed by atoms with van der Waals surface area (Å²) < 4.78 is 0. The van der Waals surface area contributed by atoms with Gasteiger partial charge < -0.3 is 16.0 Å². The number of hydrogen-bond acceptors (Lipinski definition) is 3. The summed E-state index contributed by atoms with van der Waals surface area (Å²) >= 11 is 0. The smallest absolute Gasteiger partial charge is 0.116 e. The molecule has 0 aromatic rings. The van der Waals surface area contributed by atoms with Crippen molar-refractivity contribution in [2.24, 2.45) is 0 Å². The Morgan fingerprint density at radius 3 is 1.86 bits per heavy atom. The number of hydrogen-bond donors (Lipinski definition) is 3. The van der Waals surface area contributed by atoms with Crippen LogP contribution in [0.15, 0.2) is 12.0 Å². The lowest BCUT2D eigenvalue weighted by Crippen LogP contribution is -2.29. The summed E-state index contributed by atoms with van der Waals surface area (Å²) in [7, 11) is 0. The summed E-state index contributed by atoms with van der Waals surface area (Å²) in [5.41, 5.74) is 0. The van der Waals surface area contributed by atoms with Crippen LogP contribution in [0, 0.1) is 37.0 Å². The standard InChI is InChI=1S/C11H13N3/c1-4-7-12-10-11(13-8-5-2)14-9-6-3/h1-3,10,12-14H,7-9H2. The molecule has 3 nitrogen and oxygen atoms in total. The molecule has 0 bridgehead atoms. The Morgan fingerprint density at radius 2 is 1.43 bits per heavy atom. The lowest BCUT2D eigenvalue weighted by atomic mass is 10.5. The van der Waals surface area contributed by atoms with Crippen molar-refractivity contribution in [3.8, 4) is 37.0 Å². The van der Waals surface area contributed by atoms with Crippen LogP contribution < -0.4 is 16.0 Å². The molecule has 0 unspecified atom stereocenters. The summed E-state index contributed by atoms with van der Waals surface area (Å²) in [5.74, 6) is 8.08. The van der Waals surface area contributed by atoms with Gasteiger partial charge in [-0.2, -0.15) is 0 Å². The maximum atomic E-state index is 5.10. The number of rotatable bonds is 6. The van der Waals surface area contributed by atoms with Crippen LogP contribution in [0.3, 0.4) is 0 Å². The Balaban J connectivity index is 3.98. The van der Waals surface area contributed by atoms with E-state index in [4.69, 9.17) is 19.3 Å². The summed E-state index contributed by atoms with van der Waals surface area (Å²) in [6.45, 7) is 1.32. The highest BCUT2D eigenvalue weighted by Crippen LogP contribution is 1.78. The second-order valence-electron chi connectivity index (χ2n) is 2.26. The van der Waals surface area contributed by atoms with Crippen molar-refractivity contribution >= 4 is 0 Å². The van der Waals surface area contributed by atoms with Gasteiger partial charge >= 0.3 is 0 Å². The van der Waals surface area contributed by atoms with E-state index in [1.54, 1.807) is 6.20 Å². The van der Waals surface area contributed by atoms with Crippen LogP contribution in [0.4, 0.5) is 0 Å². The fourth-order valence-electron chi connectivity index (χ4n) is 0.669. The van der Waals surface area contributed by atoms with Crippen molar-refractivity contribution in [3.05, 3.63) is 12.0 Å². The third-order valence-corrected chi connectivity index (χ3v) is 1.21. The van der Waals surface area contributed by atoms with Gasteiger partial charge in [0, 0.05) is 6.20 Å². The summed E-state index contributed by atoms with van der Waals surface area (Å²) in [4.78, 5) is 0. The van der Waals surface area contributed by atoms with E-state index in [9.17, 15) is 0 Å². The quantitative estimate of drug-likeness (QED) is 0.386. The first-order valence-corrected chi connectivity index (χ1v) is 4.06. The molecule has 0 saturated heterocycles. The zero-order valence-electron chi connectivity index (χ0n) is 7.93. The maximum absolute atomic E-state index is 5.10. The van der Waals surface area contributed by atoms with Gasteiger partial charge in [-0.05, 0) is 0 Å². The number of nitrogens with one attached hydrogen (secondary N) is 3. The third kappa shape index (κ3) is 6.53. The Morgan fingerprint density at radius 1 is 0.929 bits per heavy atom. The molecule has 0 fully saturated rings. The molecule has 0 rings (SSSR count). The van der Waals surface area contributed by atoms with Crippen LogP contribution in [0.25, 0.3) is 0 Å². The fourth-order valence-corrected chi connectivity index (χ4v) is 0.669. The predicted molar refractivity (Wildman–Crippen MR) is 58.6 cm³/mol. The number of terminal acetylenes is 3. The van der Waals surface area contributed by atoms with Crippen LogP contribution in [-0.2, 0) is 0 Å². The minimum atomic E-state index is 0.432. The van der Waals surface area contributed by atoms with Gasteiger partial charge in [0.05, 0.1) is 19.6 Å². The van der Waals surface area contributed by atoms with Gasteiger partial charge in [0.2, 0.25) is 0 Å². The average molecular weight is 187 g/mol. The average Bonchev–Trinajstić information content (AvgIpc) is 2.21. The third-order valence-electron chi connectivity index (χ3n) is 1.21. The van der Waals surface area contributed by atoms with Gasteiger partial charge in [-0.1, -0.05) is 17.8 Å². The molecule has 0 atom stereocenters. The second-order valence-corrected chi connectivity index (χ2v) is 2.26.